The van der Waals surface area contributed by atoms with E-state index in [1.54, 1.807) is 30.3 Å². The number of unbranched alkanes of at least 4 members (excludes halogenated alkanes) is 1. The molecule has 0 atom stereocenters. The van der Waals surface area contributed by atoms with Gasteiger partial charge in [-0.3, -0.25) is 4.72 Å². The first kappa shape index (κ1) is 17.3. The Labute approximate surface area is 140 Å². The molecule has 0 amide bonds. The number of anilines is 4. The number of benzene rings is 1. The molecule has 2 rings (SSSR count). The van der Waals surface area contributed by atoms with Crippen molar-refractivity contribution in [2.24, 2.45) is 0 Å². The van der Waals surface area contributed by atoms with Crippen LogP contribution in [0, 0.1) is 0 Å². The van der Waals surface area contributed by atoms with Crippen molar-refractivity contribution in [3.63, 3.8) is 0 Å². The van der Waals surface area contributed by atoms with Crippen LogP contribution in [0.1, 0.15) is 19.8 Å². The van der Waals surface area contributed by atoms with Crippen LogP contribution >= 0.6 is 11.6 Å². The molecule has 23 heavy (non-hydrogen) atoms. The van der Waals surface area contributed by atoms with Crippen molar-refractivity contribution in [1.82, 2.24) is 9.97 Å². The number of nitrogens with two attached hydrogens (primary N) is 1. The van der Waals surface area contributed by atoms with Crippen molar-refractivity contribution in [2.45, 2.75) is 19.8 Å². The molecular formula is C14H18ClN5O2S. The highest BCUT2D eigenvalue weighted by Gasteiger charge is 2.09. The molecule has 0 radical (unpaired) electrons. The third-order valence-electron chi connectivity index (χ3n) is 2.91. The molecule has 0 aliphatic rings. The predicted molar refractivity (Wildman–Crippen MR) is 93.5 cm³/mol. The monoisotopic (exact) mass is 355 g/mol. The minimum absolute atomic E-state index is 0.0697. The van der Waals surface area contributed by atoms with Gasteiger partial charge in [-0.05, 0) is 30.7 Å². The van der Waals surface area contributed by atoms with Crippen molar-refractivity contribution in [3.05, 3.63) is 35.5 Å². The van der Waals surface area contributed by atoms with Crippen LogP contribution in [0.5, 0.6) is 0 Å². The number of nitrogen functional groups attached to an aromatic ring is 1. The van der Waals surface area contributed by atoms with Gasteiger partial charge >= 0.3 is 0 Å². The Balaban J connectivity index is 2.04. The van der Waals surface area contributed by atoms with E-state index in [-0.39, 0.29) is 16.9 Å². The number of nitrogens with zero attached hydrogens (tertiary/aromatic N) is 2. The molecule has 0 aliphatic heterocycles. The zero-order chi connectivity index (χ0) is 16.9. The summed E-state index contributed by atoms with van der Waals surface area (Å²) in [4.78, 5) is 7.77. The van der Waals surface area contributed by atoms with Gasteiger partial charge < -0.3 is 11.1 Å². The van der Waals surface area contributed by atoms with Gasteiger partial charge in [-0.25, -0.2) is 13.4 Å². The lowest BCUT2D eigenvalue weighted by Gasteiger charge is -2.10. The van der Waals surface area contributed by atoms with Crippen LogP contribution < -0.4 is 15.8 Å². The second-order valence-electron chi connectivity index (χ2n) is 4.91. The zero-order valence-corrected chi connectivity index (χ0v) is 14.2. The highest BCUT2D eigenvalue weighted by molar-refractivity contribution is 7.92. The van der Waals surface area contributed by atoms with Crippen molar-refractivity contribution >= 4 is 44.8 Å². The molecule has 0 saturated heterocycles. The maximum Gasteiger partial charge on any atom is 0.232 e. The number of halogens is 1. The Bertz CT molecular complexity index is 745. The van der Waals surface area contributed by atoms with Crippen molar-refractivity contribution < 1.29 is 8.42 Å². The Hall–Kier alpha value is -2.06. The van der Waals surface area contributed by atoms with Gasteiger partial charge in [0.05, 0.1) is 5.75 Å². The molecule has 7 nitrogen and oxygen atoms in total. The highest BCUT2D eigenvalue weighted by Crippen LogP contribution is 2.20. The zero-order valence-electron chi connectivity index (χ0n) is 12.6. The summed E-state index contributed by atoms with van der Waals surface area (Å²) in [6.07, 6.45) is 1.46. The molecule has 0 aliphatic carbocycles. The average Bonchev–Trinajstić information content (AvgIpc) is 2.46. The smallest absolute Gasteiger partial charge is 0.232 e. The minimum atomic E-state index is -3.30. The third kappa shape index (κ3) is 5.57. The third-order valence-corrected chi connectivity index (χ3v) is 4.48. The largest absolute Gasteiger partial charge is 0.368 e. The molecular weight excluding hydrogens is 338 g/mol. The molecule has 1 aromatic carbocycles. The van der Waals surface area contributed by atoms with Crippen LogP contribution in [0.25, 0.3) is 0 Å². The molecule has 1 aromatic heterocycles. The van der Waals surface area contributed by atoms with Gasteiger partial charge in [0.25, 0.3) is 0 Å². The topological polar surface area (TPSA) is 110 Å². The molecule has 0 spiro atoms. The van der Waals surface area contributed by atoms with Crippen LogP contribution in [0.15, 0.2) is 30.3 Å². The quantitative estimate of drug-likeness (QED) is 0.658. The predicted octanol–water partition coefficient (Wildman–Crippen LogP) is 3.00. The van der Waals surface area contributed by atoms with Crippen LogP contribution in [0.2, 0.25) is 5.15 Å². The minimum Gasteiger partial charge on any atom is -0.368 e. The van der Waals surface area contributed by atoms with E-state index in [2.05, 4.69) is 20.0 Å². The Morgan fingerprint density at radius 2 is 1.83 bits per heavy atom. The van der Waals surface area contributed by atoms with Gasteiger partial charge in [-0.15, -0.1) is 0 Å². The molecule has 124 valence electrons. The SMILES string of the molecule is CCCCS(=O)(=O)Nc1ccc(Nc2cc(Cl)nc(N)n2)cc1. The fourth-order valence-electron chi connectivity index (χ4n) is 1.83. The molecule has 4 N–H and O–H groups in total. The summed E-state index contributed by atoms with van der Waals surface area (Å²) < 4.78 is 26.2. The van der Waals surface area contributed by atoms with Gasteiger partial charge in [0.15, 0.2) is 0 Å². The molecule has 0 saturated carbocycles. The summed E-state index contributed by atoms with van der Waals surface area (Å²) >= 11 is 5.81. The first-order valence-electron chi connectivity index (χ1n) is 7.05. The van der Waals surface area contributed by atoms with Crippen LogP contribution in [0.3, 0.4) is 0 Å². The Morgan fingerprint density at radius 3 is 2.43 bits per heavy atom. The van der Waals surface area contributed by atoms with Gasteiger partial charge in [0, 0.05) is 17.4 Å². The number of rotatable bonds is 7. The number of aromatic nitrogens is 2. The molecule has 0 bridgehead atoms. The Kier molecular flexibility index (Phi) is 5.62. The van der Waals surface area contributed by atoms with E-state index < -0.39 is 10.0 Å². The summed E-state index contributed by atoms with van der Waals surface area (Å²) in [6, 6.07) is 8.32. The molecule has 1 heterocycles. The van der Waals surface area contributed by atoms with E-state index in [1.165, 1.54) is 0 Å². The molecule has 0 unspecified atom stereocenters. The van der Waals surface area contributed by atoms with E-state index in [9.17, 15) is 8.42 Å². The van der Waals surface area contributed by atoms with Crippen molar-refractivity contribution in [2.75, 3.05) is 21.5 Å². The van der Waals surface area contributed by atoms with Crippen molar-refractivity contribution in [3.8, 4) is 0 Å². The van der Waals surface area contributed by atoms with Crippen LogP contribution in [-0.4, -0.2) is 24.1 Å². The first-order valence-corrected chi connectivity index (χ1v) is 9.08. The number of sulfonamides is 1. The molecule has 2 aromatic rings. The maximum absolute atomic E-state index is 11.8. The van der Waals surface area contributed by atoms with Crippen molar-refractivity contribution in [1.29, 1.82) is 0 Å². The number of nitrogens with one attached hydrogen (secondary N) is 2. The summed E-state index contributed by atoms with van der Waals surface area (Å²) in [5.74, 6) is 0.640. The normalized spacial score (nSPS) is 11.2. The van der Waals surface area contributed by atoms with E-state index in [4.69, 9.17) is 17.3 Å². The molecule has 9 heteroatoms. The first-order chi connectivity index (χ1) is 10.9. The fourth-order valence-corrected chi connectivity index (χ4v) is 3.29. The lowest BCUT2D eigenvalue weighted by atomic mass is 10.3. The van der Waals surface area contributed by atoms with Gasteiger partial charge in [-0.1, -0.05) is 24.9 Å². The van der Waals surface area contributed by atoms with E-state index in [0.717, 1.165) is 12.1 Å². The second kappa shape index (κ2) is 7.47. The standard InChI is InChI=1S/C14H18ClN5O2S/c1-2-3-8-23(21,22)20-11-6-4-10(5-7-11)17-13-9-12(15)18-14(16)19-13/h4-7,9,20H,2-3,8H2,1H3,(H3,16,17,18,19). The lowest BCUT2D eigenvalue weighted by molar-refractivity contribution is 0.598. The van der Waals surface area contributed by atoms with Crippen LogP contribution in [-0.2, 0) is 10.0 Å². The van der Waals surface area contributed by atoms with Crippen LogP contribution in [0.4, 0.5) is 23.1 Å². The highest BCUT2D eigenvalue weighted by atomic mass is 35.5. The van der Waals surface area contributed by atoms with Gasteiger partial charge in [0.1, 0.15) is 11.0 Å². The van der Waals surface area contributed by atoms with E-state index >= 15 is 0 Å². The number of hydrogen-bond donors (Lipinski definition) is 3. The second-order valence-corrected chi connectivity index (χ2v) is 7.14. The summed E-state index contributed by atoms with van der Waals surface area (Å²) in [7, 11) is -3.30. The number of hydrogen-bond acceptors (Lipinski definition) is 6. The average molecular weight is 356 g/mol. The van der Waals surface area contributed by atoms with Gasteiger partial charge in [-0.2, -0.15) is 4.98 Å². The fraction of sp³-hybridized carbons (Fsp3) is 0.286. The van der Waals surface area contributed by atoms with E-state index in [1.807, 2.05) is 6.92 Å². The van der Waals surface area contributed by atoms with Gasteiger partial charge in [0.2, 0.25) is 16.0 Å². The summed E-state index contributed by atoms with van der Waals surface area (Å²) in [6.45, 7) is 1.95. The summed E-state index contributed by atoms with van der Waals surface area (Å²) in [5.41, 5.74) is 6.75. The summed E-state index contributed by atoms with van der Waals surface area (Å²) in [5, 5.41) is 3.25. The molecule has 0 fully saturated rings. The Morgan fingerprint density at radius 1 is 1.17 bits per heavy atom. The maximum atomic E-state index is 11.8. The lowest BCUT2D eigenvalue weighted by Crippen LogP contribution is -2.16. The van der Waals surface area contributed by atoms with E-state index in [0.29, 0.717) is 17.9 Å².